The van der Waals surface area contributed by atoms with Gasteiger partial charge < -0.3 is 15.5 Å². The Labute approximate surface area is 79.7 Å². The maximum absolute atomic E-state index is 11.5. The Balaban J connectivity index is 2.35. The highest BCUT2D eigenvalue weighted by Gasteiger charge is 2.24. The van der Waals surface area contributed by atoms with E-state index in [1.165, 1.54) is 0 Å². The normalized spacial score (nSPS) is 27.3. The minimum absolute atomic E-state index is 0.0306. The molecule has 1 heterocycles. The summed E-state index contributed by atoms with van der Waals surface area (Å²) in [6.45, 7) is 6.76. The van der Waals surface area contributed by atoms with Gasteiger partial charge in [-0.25, -0.2) is 4.79 Å². The molecule has 1 fully saturated rings. The molecule has 2 N–H and O–H groups in total. The molecule has 0 aromatic carbocycles. The Morgan fingerprint density at radius 3 is 2.77 bits per heavy atom. The molecule has 4 nitrogen and oxygen atoms in total. The first-order chi connectivity index (χ1) is 6.15. The van der Waals surface area contributed by atoms with Gasteiger partial charge in [0.05, 0.1) is 0 Å². The van der Waals surface area contributed by atoms with Gasteiger partial charge in [-0.3, -0.25) is 0 Å². The minimum atomic E-state index is 0.0306. The molecule has 2 unspecified atom stereocenters. The maximum Gasteiger partial charge on any atom is 0.317 e. The Hall–Kier alpha value is -0.770. The summed E-state index contributed by atoms with van der Waals surface area (Å²) >= 11 is 0. The second kappa shape index (κ2) is 4.46. The molecule has 0 bridgehead atoms. The van der Waals surface area contributed by atoms with Gasteiger partial charge >= 0.3 is 6.03 Å². The lowest BCUT2D eigenvalue weighted by Crippen LogP contribution is -2.45. The van der Waals surface area contributed by atoms with Crippen LogP contribution < -0.4 is 10.6 Å². The van der Waals surface area contributed by atoms with Crippen molar-refractivity contribution in [2.24, 2.45) is 5.92 Å². The molecule has 1 aliphatic rings. The molecule has 0 aromatic rings. The molecule has 2 atom stereocenters. The lowest BCUT2D eigenvalue weighted by Gasteiger charge is -2.21. The van der Waals surface area contributed by atoms with E-state index < -0.39 is 0 Å². The monoisotopic (exact) mass is 185 g/mol. The van der Waals surface area contributed by atoms with E-state index in [2.05, 4.69) is 17.6 Å². The number of rotatable bonds is 2. The first-order valence-electron chi connectivity index (χ1n) is 4.87. The first kappa shape index (κ1) is 10.3. The Bertz CT molecular complexity index is 184. The third-order valence-electron chi connectivity index (χ3n) is 2.65. The van der Waals surface area contributed by atoms with Gasteiger partial charge in [0.2, 0.25) is 0 Å². The lowest BCUT2D eigenvalue weighted by atomic mass is 10.1. The van der Waals surface area contributed by atoms with E-state index in [1.54, 1.807) is 4.90 Å². The molecule has 1 aliphatic heterocycles. The lowest BCUT2D eigenvalue weighted by molar-refractivity contribution is 0.205. The second-order valence-electron chi connectivity index (χ2n) is 3.71. The summed E-state index contributed by atoms with van der Waals surface area (Å²) in [5.41, 5.74) is 0. The number of amides is 2. The summed E-state index contributed by atoms with van der Waals surface area (Å²) in [4.78, 5) is 13.1. The highest BCUT2D eigenvalue weighted by Crippen LogP contribution is 2.07. The molecule has 76 valence electrons. The van der Waals surface area contributed by atoms with Crippen molar-refractivity contribution in [3.63, 3.8) is 0 Å². The van der Waals surface area contributed by atoms with Crippen LogP contribution in [0.5, 0.6) is 0 Å². The van der Waals surface area contributed by atoms with Crippen LogP contribution >= 0.6 is 0 Å². The third-order valence-corrected chi connectivity index (χ3v) is 2.65. The van der Waals surface area contributed by atoms with Crippen LogP contribution in [-0.2, 0) is 0 Å². The van der Waals surface area contributed by atoms with Crippen LogP contribution in [0.4, 0.5) is 4.79 Å². The Morgan fingerprint density at radius 1 is 1.62 bits per heavy atom. The van der Waals surface area contributed by atoms with E-state index in [9.17, 15) is 4.79 Å². The van der Waals surface area contributed by atoms with Gasteiger partial charge in [0.15, 0.2) is 0 Å². The predicted octanol–water partition coefficient (Wildman–Crippen LogP) is 0.256. The van der Waals surface area contributed by atoms with Crippen molar-refractivity contribution in [3.05, 3.63) is 0 Å². The van der Waals surface area contributed by atoms with Crippen LogP contribution in [-0.4, -0.2) is 43.7 Å². The van der Waals surface area contributed by atoms with E-state index in [-0.39, 0.29) is 6.03 Å². The van der Waals surface area contributed by atoms with Gasteiger partial charge in [-0.1, -0.05) is 6.92 Å². The van der Waals surface area contributed by atoms with Crippen LogP contribution in [0.1, 0.15) is 13.8 Å². The quantitative estimate of drug-likeness (QED) is 0.648. The molecule has 0 radical (unpaired) electrons. The summed E-state index contributed by atoms with van der Waals surface area (Å²) < 4.78 is 0. The summed E-state index contributed by atoms with van der Waals surface area (Å²) in [5.74, 6) is 0.536. The zero-order valence-corrected chi connectivity index (χ0v) is 8.63. The Kier molecular flexibility index (Phi) is 3.54. The number of nitrogens with zero attached hydrogens (tertiary/aromatic N) is 1. The van der Waals surface area contributed by atoms with E-state index in [0.29, 0.717) is 12.0 Å². The summed E-state index contributed by atoms with van der Waals surface area (Å²) in [6.07, 6.45) is 0. The fourth-order valence-electron chi connectivity index (χ4n) is 1.42. The van der Waals surface area contributed by atoms with Crippen molar-refractivity contribution < 1.29 is 4.79 Å². The maximum atomic E-state index is 11.5. The van der Waals surface area contributed by atoms with Gasteiger partial charge in [-0.2, -0.15) is 0 Å². The molecule has 1 rings (SSSR count). The van der Waals surface area contributed by atoms with Crippen LogP contribution in [0.25, 0.3) is 0 Å². The van der Waals surface area contributed by atoms with Crippen LogP contribution in [0.2, 0.25) is 0 Å². The van der Waals surface area contributed by atoms with E-state index in [1.807, 2.05) is 14.0 Å². The topological polar surface area (TPSA) is 44.4 Å². The summed E-state index contributed by atoms with van der Waals surface area (Å²) in [6, 6.07) is 0.324. The van der Waals surface area contributed by atoms with Gasteiger partial charge in [-0.05, 0) is 19.4 Å². The fourth-order valence-corrected chi connectivity index (χ4v) is 1.42. The van der Waals surface area contributed by atoms with Crippen molar-refractivity contribution in [2.75, 3.05) is 26.7 Å². The van der Waals surface area contributed by atoms with Gasteiger partial charge in [0.1, 0.15) is 0 Å². The van der Waals surface area contributed by atoms with Crippen molar-refractivity contribution in [1.82, 2.24) is 15.5 Å². The van der Waals surface area contributed by atoms with Gasteiger partial charge in [-0.15, -0.1) is 0 Å². The molecule has 0 aromatic heterocycles. The molecule has 2 amide bonds. The van der Waals surface area contributed by atoms with E-state index in [0.717, 1.165) is 19.6 Å². The van der Waals surface area contributed by atoms with Gasteiger partial charge in [0.25, 0.3) is 0 Å². The standard InChI is InChI=1S/C9H19N3O/c1-4-12(3)9(13)11-8-6-10-5-7(8)2/h7-8,10H,4-6H2,1-3H3,(H,11,13). The van der Waals surface area contributed by atoms with E-state index in [4.69, 9.17) is 0 Å². The fraction of sp³-hybridized carbons (Fsp3) is 0.889. The molecule has 4 heteroatoms. The number of hydrogen-bond acceptors (Lipinski definition) is 2. The van der Waals surface area contributed by atoms with E-state index >= 15 is 0 Å². The number of nitrogens with one attached hydrogen (secondary N) is 2. The molecule has 0 aliphatic carbocycles. The summed E-state index contributed by atoms with van der Waals surface area (Å²) in [7, 11) is 1.81. The van der Waals surface area contributed by atoms with Crippen molar-refractivity contribution in [1.29, 1.82) is 0 Å². The molecule has 1 saturated heterocycles. The second-order valence-corrected chi connectivity index (χ2v) is 3.71. The minimum Gasteiger partial charge on any atom is -0.334 e. The number of hydrogen-bond donors (Lipinski definition) is 2. The molecular formula is C9H19N3O. The highest BCUT2D eigenvalue weighted by atomic mass is 16.2. The predicted molar refractivity (Wildman–Crippen MR) is 52.7 cm³/mol. The average molecular weight is 185 g/mol. The van der Waals surface area contributed by atoms with Crippen LogP contribution in [0.3, 0.4) is 0 Å². The molecule has 0 spiro atoms. The number of carbonyl (C=O) groups is 1. The zero-order chi connectivity index (χ0) is 9.84. The van der Waals surface area contributed by atoms with Crippen molar-refractivity contribution in [3.8, 4) is 0 Å². The smallest absolute Gasteiger partial charge is 0.317 e. The zero-order valence-electron chi connectivity index (χ0n) is 8.63. The SMILES string of the molecule is CCN(C)C(=O)NC1CNCC1C. The van der Waals surface area contributed by atoms with Crippen LogP contribution in [0, 0.1) is 5.92 Å². The van der Waals surface area contributed by atoms with Gasteiger partial charge in [0, 0.05) is 26.2 Å². The number of carbonyl (C=O) groups excluding carboxylic acids is 1. The Morgan fingerprint density at radius 2 is 2.31 bits per heavy atom. The first-order valence-corrected chi connectivity index (χ1v) is 4.87. The number of urea groups is 1. The molecule has 0 saturated carbocycles. The molecular weight excluding hydrogens is 166 g/mol. The average Bonchev–Trinajstić information content (AvgIpc) is 2.50. The third kappa shape index (κ3) is 2.59. The highest BCUT2D eigenvalue weighted by molar-refractivity contribution is 5.74. The molecule has 13 heavy (non-hydrogen) atoms. The van der Waals surface area contributed by atoms with Crippen molar-refractivity contribution >= 4 is 6.03 Å². The van der Waals surface area contributed by atoms with Crippen LogP contribution in [0.15, 0.2) is 0 Å². The largest absolute Gasteiger partial charge is 0.334 e. The van der Waals surface area contributed by atoms with Crippen molar-refractivity contribution in [2.45, 2.75) is 19.9 Å². The summed E-state index contributed by atoms with van der Waals surface area (Å²) in [5, 5.41) is 6.25.